The SMILES string of the molecule is C.C.C1CCNCC1. The second-order valence-corrected chi connectivity index (χ2v) is 1.81. The average molecular weight is 117 g/mol. The van der Waals surface area contributed by atoms with Gasteiger partial charge in [-0.05, 0) is 25.9 Å². The molecule has 1 heterocycles. The van der Waals surface area contributed by atoms with Gasteiger partial charge in [0.2, 0.25) is 0 Å². The molecule has 1 heteroatoms. The molecule has 52 valence electrons. The Morgan fingerprint density at radius 2 is 1.25 bits per heavy atom. The van der Waals surface area contributed by atoms with E-state index < -0.39 is 0 Å². The van der Waals surface area contributed by atoms with Crippen LogP contribution in [0.5, 0.6) is 0 Å². The van der Waals surface area contributed by atoms with E-state index in [-0.39, 0.29) is 14.9 Å². The van der Waals surface area contributed by atoms with Crippen LogP contribution in [0, 0.1) is 0 Å². The van der Waals surface area contributed by atoms with Crippen LogP contribution < -0.4 is 5.32 Å². The van der Waals surface area contributed by atoms with E-state index in [0.29, 0.717) is 0 Å². The lowest BCUT2D eigenvalue weighted by Crippen LogP contribution is -2.21. The van der Waals surface area contributed by atoms with Gasteiger partial charge in [-0.2, -0.15) is 0 Å². The molecule has 0 bridgehead atoms. The van der Waals surface area contributed by atoms with Gasteiger partial charge in [0.05, 0.1) is 0 Å². The summed E-state index contributed by atoms with van der Waals surface area (Å²) in [5.41, 5.74) is 0. The monoisotopic (exact) mass is 117 g/mol. The van der Waals surface area contributed by atoms with Crippen molar-refractivity contribution in [2.75, 3.05) is 13.1 Å². The van der Waals surface area contributed by atoms with E-state index in [4.69, 9.17) is 0 Å². The highest BCUT2D eigenvalue weighted by Crippen LogP contribution is 1.96. The van der Waals surface area contributed by atoms with E-state index in [1.54, 1.807) is 0 Å². The Hall–Kier alpha value is -0.0400. The normalized spacial score (nSPS) is 18.0. The molecule has 0 unspecified atom stereocenters. The van der Waals surface area contributed by atoms with E-state index >= 15 is 0 Å². The summed E-state index contributed by atoms with van der Waals surface area (Å²) < 4.78 is 0. The maximum atomic E-state index is 3.28. The van der Waals surface area contributed by atoms with Gasteiger partial charge in [0.1, 0.15) is 0 Å². The molecule has 0 atom stereocenters. The standard InChI is InChI=1S/C5H11N.2CH4/c1-2-4-6-5-3-1;;/h6H,1-5H2;2*1H4. The van der Waals surface area contributed by atoms with Crippen LogP contribution in [0.4, 0.5) is 0 Å². The molecule has 0 saturated carbocycles. The first-order valence-electron chi connectivity index (χ1n) is 2.71. The Kier molecular flexibility index (Phi) is 9.44. The van der Waals surface area contributed by atoms with Crippen molar-refractivity contribution in [3.05, 3.63) is 0 Å². The van der Waals surface area contributed by atoms with Gasteiger partial charge in [-0.3, -0.25) is 0 Å². The third kappa shape index (κ3) is 4.13. The van der Waals surface area contributed by atoms with Crippen LogP contribution in [-0.2, 0) is 0 Å². The number of rotatable bonds is 0. The zero-order valence-corrected chi connectivity index (χ0v) is 4.04. The topological polar surface area (TPSA) is 12.0 Å². The summed E-state index contributed by atoms with van der Waals surface area (Å²) >= 11 is 0. The molecule has 8 heavy (non-hydrogen) atoms. The second-order valence-electron chi connectivity index (χ2n) is 1.81. The van der Waals surface area contributed by atoms with Gasteiger partial charge < -0.3 is 5.32 Å². The van der Waals surface area contributed by atoms with Crippen molar-refractivity contribution >= 4 is 0 Å². The Labute approximate surface area is 53.5 Å². The Morgan fingerprint density at radius 1 is 0.750 bits per heavy atom. The molecule has 1 rings (SSSR count). The van der Waals surface area contributed by atoms with Crippen LogP contribution in [0.1, 0.15) is 34.1 Å². The van der Waals surface area contributed by atoms with E-state index in [2.05, 4.69) is 5.32 Å². The fraction of sp³-hybridized carbons (Fsp3) is 1.00. The summed E-state index contributed by atoms with van der Waals surface area (Å²) in [5, 5.41) is 3.28. The first-order chi connectivity index (χ1) is 3.00. The summed E-state index contributed by atoms with van der Waals surface area (Å²) in [7, 11) is 0. The second kappa shape index (κ2) is 6.96. The summed E-state index contributed by atoms with van der Waals surface area (Å²) in [6.07, 6.45) is 4.22. The van der Waals surface area contributed by atoms with Crippen molar-refractivity contribution in [2.45, 2.75) is 34.1 Å². The number of nitrogens with one attached hydrogen (secondary N) is 1. The first kappa shape index (κ1) is 10.9. The van der Waals surface area contributed by atoms with Crippen LogP contribution in [0.25, 0.3) is 0 Å². The van der Waals surface area contributed by atoms with Crippen LogP contribution in [0.2, 0.25) is 0 Å². The highest BCUT2D eigenvalue weighted by molar-refractivity contribution is 4.55. The summed E-state index contributed by atoms with van der Waals surface area (Å²) in [5.74, 6) is 0. The molecule has 0 aromatic rings. The van der Waals surface area contributed by atoms with Gasteiger partial charge in [-0.25, -0.2) is 0 Å². The highest BCUT2D eigenvalue weighted by atomic mass is 14.9. The van der Waals surface area contributed by atoms with Gasteiger partial charge in [0.15, 0.2) is 0 Å². The van der Waals surface area contributed by atoms with Crippen LogP contribution in [0.3, 0.4) is 0 Å². The lowest BCUT2D eigenvalue weighted by Gasteiger charge is -2.08. The molecule has 1 saturated heterocycles. The molecular weight excluding hydrogens is 98.1 g/mol. The molecular formula is C7H19N. The Morgan fingerprint density at radius 3 is 1.38 bits per heavy atom. The van der Waals surface area contributed by atoms with E-state index in [9.17, 15) is 0 Å². The Balaban J connectivity index is 0. The van der Waals surface area contributed by atoms with Gasteiger partial charge >= 0.3 is 0 Å². The summed E-state index contributed by atoms with van der Waals surface area (Å²) in [6.45, 7) is 2.50. The Bertz CT molecular complexity index is 19.9. The largest absolute Gasteiger partial charge is 0.317 e. The first-order valence-corrected chi connectivity index (χ1v) is 2.71. The van der Waals surface area contributed by atoms with Crippen molar-refractivity contribution in [1.82, 2.24) is 5.32 Å². The predicted octanol–water partition coefficient (Wildman–Crippen LogP) is 2.03. The fourth-order valence-electron chi connectivity index (χ4n) is 0.802. The molecule has 0 amide bonds. The van der Waals surface area contributed by atoms with Crippen molar-refractivity contribution in [1.29, 1.82) is 0 Å². The van der Waals surface area contributed by atoms with Gasteiger partial charge in [-0.1, -0.05) is 21.3 Å². The van der Waals surface area contributed by atoms with Crippen molar-refractivity contribution < 1.29 is 0 Å². The molecule has 1 aliphatic rings. The molecule has 1 aliphatic heterocycles. The van der Waals surface area contributed by atoms with E-state index in [1.807, 2.05) is 0 Å². The molecule has 0 aromatic heterocycles. The van der Waals surface area contributed by atoms with Crippen LogP contribution in [-0.4, -0.2) is 13.1 Å². The van der Waals surface area contributed by atoms with E-state index in [0.717, 1.165) is 0 Å². The van der Waals surface area contributed by atoms with Crippen molar-refractivity contribution in [3.63, 3.8) is 0 Å². The minimum absolute atomic E-state index is 0. The van der Waals surface area contributed by atoms with Gasteiger partial charge in [0, 0.05) is 0 Å². The molecule has 1 nitrogen and oxygen atoms in total. The van der Waals surface area contributed by atoms with E-state index in [1.165, 1.54) is 32.4 Å². The molecule has 1 N–H and O–H groups in total. The summed E-state index contributed by atoms with van der Waals surface area (Å²) in [4.78, 5) is 0. The number of hydrogen-bond donors (Lipinski definition) is 1. The highest BCUT2D eigenvalue weighted by Gasteiger charge is 1.93. The minimum atomic E-state index is 0. The number of piperidine rings is 1. The molecule has 0 radical (unpaired) electrons. The molecule has 0 aliphatic carbocycles. The van der Waals surface area contributed by atoms with Crippen molar-refractivity contribution in [2.24, 2.45) is 0 Å². The number of hydrogen-bond acceptors (Lipinski definition) is 1. The molecule has 0 spiro atoms. The third-order valence-corrected chi connectivity index (χ3v) is 1.21. The lowest BCUT2D eigenvalue weighted by atomic mass is 10.2. The third-order valence-electron chi connectivity index (χ3n) is 1.21. The lowest BCUT2D eigenvalue weighted by molar-refractivity contribution is 0.520. The fourth-order valence-corrected chi connectivity index (χ4v) is 0.802. The average Bonchev–Trinajstić information content (AvgIpc) is 1.72. The maximum Gasteiger partial charge on any atom is -0.00489 e. The maximum absolute atomic E-state index is 3.28. The van der Waals surface area contributed by atoms with Crippen LogP contribution in [0.15, 0.2) is 0 Å². The van der Waals surface area contributed by atoms with Crippen LogP contribution >= 0.6 is 0 Å². The molecule has 0 aromatic carbocycles. The zero-order valence-electron chi connectivity index (χ0n) is 4.04. The van der Waals surface area contributed by atoms with Gasteiger partial charge in [0.25, 0.3) is 0 Å². The van der Waals surface area contributed by atoms with Gasteiger partial charge in [-0.15, -0.1) is 0 Å². The molecule has 1 fully saturated rings. The smallest absolute Gasteiger partial charge is 0.00489 e. The van der Waals surface area contributed by atoms with Crippen molar-refractivity contribution in [3.8, 4) is 0 Å². The zero-order chi connectivity index (χ0) is 4.24. The minimum Gasteiger partial charge on any atom is -0.317 e. The summed E-state index contributed by atoms with van der Waals surface area (Å²) in [6, 6.07) is 0. The quantitative estimate of drug-likeness (QED) is 0.512. The predicted molar refractivity (Wildman–Crippen MR) is 40.2 cm³/mol.